The third-order valence-corrected chi connectivity index (χ3v) is 6.96. The van der Waals surface area contributed by atoms with E-state index in [1.54, 1.807) is 0 Å². The molecule has 40 heavy (non-hydrogen) atoms. The normalized spacial score (nSPS) is 11.1. The maximum Gasteiger partial charge on any atom is 0.248 e. The minimum Gasteiger partial charge on any atom is -0.416 e. The molecule has 0 aliphatic rings. The van der Waals surface area contributed by atoms with Gasteiger partial charge in [-0.2, -0.15) is 0 Å². The smallest absolute Gasteiger partial charge is 0.248 e. The number of hydrogen-bond acceptors (Lipinski definition) is 5. The van der Waals surface area contributed by atoms with Gasteiger partial charge in [-0.25, -0.2) is 9.97 Å². The Kier molecular flexibility index (Phi) is 5.94. The van der Waals surface area contributed by atoms with E-state index in [4.69, 9.17) is 14.4 Å². The van der Waals surface area contributed by atoms with Gasteiger partial charge in [-0.1, -0.05) is 96.6 Å². The predicted octanol–water partition coefficient (Wildman–Crippen LogP) is 8.66. The van der Waals surface area contributed by atoms with Crippen molar-refractivity contribution in [2.24, 2.45) is 0 Å². The highest BCUT2D eigenvalue weighted by Gasteiger charge is 2.14. The summed E-state index contributed by atoms with van der Waals surface area (Å²) in [5.41, 5.74) is 10.8. The first-order valence-corrected chi connectivity index (χ1v) is 13.2. The quantitative estimate of drug-likeness (QED) is 0.229. The highest BCUT2D eigenvalue weighted by atomic mass is 16.4. The van der Waals surface area contributed by atoms with Crippen LogP contribution in [-0.4, -0.2) is 20.2 Å². The second-order valence-corrected chi connectivity index (χ2v) is 9.71. The van der Waals surface area contributed by atoms with Gasteiger partial charge in [-0.15, -0.1) is 10.2 Å². The first-order valence-electron chi connectivity index (χ1n) is 13.2. The van der Waals surface area contributed by atoms with Gasteiger partial charge in [0, 0.05) is 22.3 Å². The van der Waals surface area contributed by atoms with E-state index >= 15 is 0 Å². The number of rotatable bonds is 5. The Morgan fingerprint density at radius 3 is 1.32 bits per heavy atom. The lowest BCUT2D eigenvalue weighted by Crippen LogP contribution is -1.95. The number of fused-ring (bicyclic) bond motifs is 1. The molecule has 2 heterocycles. The molecule has 0 amide bonds. The molecule has 5 aromatic carbocycles. The van der Waals surface area contributed by atoms with Crippen LogP contribution < -0.4 is 0 Å². The third kappa shape index (κ3) is 4.54. The molecule has 0 unspecified atom stereocenters. The van der Waals surface area contributed by atoms with Crippen LogP contribution in [0.3, 0.4) is 0 Å². The lowest BCUT2D eigenvalue weighted by molar-refractivity contribution is 0.584. The van der Waals surface area contributed by atoms with Crippen LogP contribution in [0.1, 0.15) is 5.56 Å². The summed E-state index contributed by atoms with van der Waals surface area (Å²) in [6.45, 7) is 2.09. The van der Waals surface area contributed by atoms with Crippen molar-refractivity contribution in [3.8, 4) is 56.6 Å². The van der Waals surface area contributed by atoms with Gasteiger partial charge < -0.3 is 4.42 Å². The molecule has 190 valence electrons. The number of benzene rings is 5. The SMILES string of the molecule is Cc1ccc(-c2nc3ccccc3nc2-c2ccc(-c3ccc(-c4nnc(-c5ccccc5)o4)cc3)cc2)cc1. The van der Waals surface area contributed by atoms with Crippen LogP contribution in [0.15, 0.2) is 132 Å². The highest BCUT2D eigenvalue weighted by molar-refractivity contribution is 5.86. The Bertz CT molecular complexity index is 1930. The molecule has 0 aliphatic heterocycles. The molecule has 0 fully saturated rings. The molecule has 2 aromatic heterocycles. The zero-order chi connectivity index (χ0) is 26.9. The molecule has 0 N–H and O–H groups in total. The van der Waals surface area contributed by atoms with Crippen molar-refractivity contribution in [1.29, 1.82) is 0 Å². The highest BCUT2D eigenvalue weighted by Crippen LogP contribution is 2.33. The van der Waals surface area contributed by atoms with E-state index in [-0.39, 0.29) is 0 Å². The molecular weight excluding hydrogens is 492 g/mol. The van der Waals surface area contributed by atoms with Gasteiger partial charge in [0.15, 0.2) is 0 Å². The third-order valence-electron chi connectivity index (χ3n) is 6.96. The van der Waals surface area contributed by atoms with Crippen LogP contribution in [-0.2, 0) is 0 Å². The summed E-state index contributed by atoms with van der Waals surface area (Å²) in [4.78, 5) is 10.0. The lowest BCUT2D eigenvalue weighted by atomic mass is 9.99. The van der Waals surface area contributed by atoms with Crippen LogP contribution in [0.4, 0.5) is 0 Å². The molecule has 0 aliphatic carbocycles. The predicted molar refractivity (Wildman–Crippen MR) is 159 cm³/mol. The van der Waals surface area contributed by atoms with Crippen molar-refractivity contribution < 1.29 is 4.42 Å². The molecule has 0 saturated carbocycles. The van der Waals surface area contributed by atoms with Gasteiger partial charge in [0.1, 0.15) is 0 Å². The minimum absolute atomic E-state index is 0.499. The van der Waals surface area contributed by atoms with Crippen LogP contribution >= 0.6 is 0 Å². The zero-order valence-corrected chi connectivity index (χ0v) is 21.8. The van der Waals surface area contributed by atoms with Crippen molar-refractivity contribution >= 4 is 11.0 Å². The first-order chi connectivity index (χ1) is 19.7. The average molecular weight is 517 g/mol. The number of hydrogen-bond donors (Lipinski definition) is 0. The molecule has 0 radical (unpaired) electrons. The molecule has 5 nitrogen and oxygen atoms in total. The second-order valence-electron chi connectivity index (χ2n) is 9.71. The summed E-state index contributed by atoms with van der Waals surface area (Å²) in [5.74, 6) is 1.01. The van der Waals surface area contributed by atoms with Crippen molar-refractivity contribution in [2.75, 3.05) is 0 Å². The largest absolute Gasteiger partial charge is 0.416 e. The van der Waals surface area contributed by atoms with Crippen molar-refractivity contribution in [3.05, 3.63) is 133 Å². The van der Waals surface area contributed by atoms with Crippen LogP contribution in [0.5, 0.6) is 0 Å². The minimum atomic E-state index is 0.499. The zero-order valence-electron chi connectivity index (χ0n) is 21.8. The van der Waals surface area contributed by atoms with E-state index in [1.807, 2.05) is 66.7 Å². The van der Waals surface area contributed by atoms with E-state index in [1.165, 1.54) is 5.56 Å². The molecule has 0 spiro atoms. The standard InChI is InChI=1S/C35H24N4O/c1-23-11-13-26(14-12-23)32-33(37-31-10-6-5-9-30(31)36-32)27-19-15-24(16-20-27)25-17-21-29(22-18-25)35-39-38-34(40-35)28-7-3-2-4-8-28/h2-22H,1H3. The Hall–Kier alpha value is -5.42. The van der Waals surface area contributed by atoms with Crippen LogP contribution in [0.2, 0.25) is 0 Å². The van der Waals surface area contributed by atoms with Gasteiger partial charge in [-0.05, 0) is 54.4 Å². The summed E-state index contributed by atoms with van der Waals surface area (Å²) in [7, 11) is 0. The summed E-state index contributed by atoms with van der Waals surface area (Å²) in [6.07, 6.45) is 0. The lowest BCUT2D eigenvalue weighted by Gasteiger charge is -2.12. The Balaban J connectivity index is 1.19. The summed E-state index contributed by atoms with van der Waals surface area (Å²) >= 11 is 0. The van der Waals surface area contributed by atoms with Crippen molar-refractivity contribution in [3.63, 3.8) is 0 Å². The fourth-order valence-corrected chi connectivity index (χ4v) is 4.78. The van der Waals surface area contributed by atoms with Crippen molar-refractivity contribution in [1.82, 2.24) is 20.2 Å². The number of aromatic nitrogens is 4. The van der Waals surface area contributed by atoms with Gasteiger partial charge in [0.05, 0.1) is 22.4 Å². The topological polar surface area (TPSA) is 64.7 Å². The summed E-state index contributed by atoms with van der Waals surface area (Å²) in [6, 6.07) is 42.9. The number of nitrogens with zero attached hydrogens (tertiary/aromatic N) is 4. The van der Waals surface area contributed by atoms with E-state index in [9.17, 15) is 0 Å². The fourth-order valence-electron chi connectivity index (χ4n) is 4.78. The Morgan fingerprint density at radius 1 is 0.400 bits per heavy atom. The Morgan fingerprint density at radius 2 is 0.800 bits per heavy atom. The van der Waals surface area contributed by atoms with Crippen LogP contribution in [0, 0.1) is 6.92 Å². The monoisotopic (exact) mass is 516 g/mol. The van der Waals surface area contributed by atoms with Crippen LogP contribution in [0.25, 0.3) is 67.6 Å². The molecule has 7 rings (SSSR count). The first kappa shape index (κ1) is 23.7. The number of para-hydroxylation sites is 2. The molecule has 7 aromatic rings. The molecule has 5 heteroatoms. The van der Waals surface area contributed by atoms with Crippen molar-refractivity contribution in [2.45, 2.75) is 6.92 Å². The average Bonchev–Trinajstić information content (AvgIpc) is 3.52. The summed E-state index contributed by atoms with van der Waals surface area (Å²) in [5, 5.41) is 8.45. The number of aryl methyl sites for hydroxylation is 1. The maximum atomic E-state index is 5.92. The fraction of sp³-hybridized carbons (Fsp3) is 0.0286. The van der Waals surface area contributed by atoms with E-state index < -0.39 is 0 Å². The van der Waals surface area contributed by atoms with Gasteiger partial charge in [0.25, 0.3) is 0 Å². The van der Waals surface area contributed by atoms with Gasteiger partial charge >= 0.3 is 0 Å². The van der Waals surface area contributed by atoms with E-state index in [0.29, 0.717) is 11.8 Å². The van der Waals surface area contributed by atoms with Gasteiger partial charge in [-0.3, -0.25) is 0 Å². The molecule has 0 bridgehead atoms. The maximum absolute atomic E-state index is 5.92. The summed E-state index contributed by atoms with van der Waals surface area (Å²) < 4.78 is 5.92. The van der Waals surface area contributed by atoms with Gasteiger partial charge in [0.2, 0.25) is 11.8 Å². The molecule has 0 saturated heterocycles. The van der Waals surface area contributed by atoms with E-state index in [2.05, 4.69) is 77.8 Å². The second kappa shape index (κ2) is 10.0. The molecule has 0 atom stereocenters. The molecular formula is C35H24N4O. The van der Waals surface area contributed by atoms with E-state index in [0.717, 1.165) is 55.8 Å². The Labute approximate surface area is 231 Å².